The molecule has 1 aliphatic heterocycles. The number of hydrogen-bond acceptors (Lipinski definition) is 4. The van der Waals surface area contributed by atoms with Crippen LogP contribution in [0.4, 0.5) is 4.79 Å². The standard InChI is InChI=1S/C30H33N3O3/c1-29(2,3)36-28(35)32-30(18-8-19-30)23-15-13-21(14-16-23)26-27(22-9-5-4-6-10-22)33-20-17-24(34)11-7-12-25(33)31-26/h4-6,9-11,13-17,20,34H,7-8,12,18-19H2,1-3H3,(H,32,35). The minimum absolute atomic E-state index is 0.266. The molecule has 2 aliphatic rings. The van der Waals surface area contributed by atoms with E-state index in [1.165, 1.54) is 0 Å². The molecule has 2 N–H and O–H groups in total. The van der Waals surface area contributed by atoms with Crippen LogP contribution in [0.1, 0.15) is 57.8 Å². The van der Waals surface area contributed by atoms with E-state index in [2.05, 4.69) is 46.3 Å². The SMILES string of the molecule is CC(C)(C)OC(=O)NC1(c2ccc(-c3nc4n(c3-c3ccccc3)C=CC(O)=CCC4)cc2)CCC1. The molecule has 2 aromatic carbocycles. The van der Waals surface area contributed by atoms with Crippen LogP contribution in [-0.2, 0) is 16.7 Å². The maximum Gasteiger partial charge on any atom is 0.408 e. The number of allylic oxidation sites excluding steroid dienone is 2. The average Bonchev–Trinajstić information content (AvgIpc) is 3.16. The van der Waals surface area contributed by atoms with Gasteiger partial charge in [0.1, 0.15) is 17.2 Å². The Labute approximate surface area is 212 Å². The van der Waals surface area contributed by atoms with Gasteiger partial charge in [0.05, 0.1) is 16.9 Å². The number of carbonyl (C=O) groups excluding carboxylic acids is 1. The maximum atomic E-state index is 12.5. The van der Waals surface area contributed by atoms with Crippen LogP contribution in [0.2, 0.25) is 0 Å². The Bertz CT molecular complexity index is 1310. The molecule has 0 bridgehead atoms. The summed E-state index contributed by atoms with van der Waals surface area (Å²) in [5, 5.41) is 13.2. The summed E-state index contributed by atoms with van der Waals surface area (Å²) in [6.45, 7) is 5.63. The lowest BCUT2D eigenvalue weighted by atomic mass is 9.71. The fourth-order valence-corrected chi connectivity index (χ4v) is 4.92. The van der Waals surface area contributed by atoms with E-state index in [4.69, 9.17) is 9.72 Å². The molecule has 1 saturated carbocycles. The van der Waals surface area contributed by atoms with E-state index in [0.717, 1.165) is 66.0 Å². The minimum Gasteiger partial charge on any atom is -0.508 e. The molecule has 3 aromatic rings. The van der Waals surface area contributed by atoms with E-state index >= 15 is 0 Å². The van der Waals surface area contributed by atoms with Crippen LogP contribution in [0, 0.1) is 0 Å². The molecule has 5 rings (SSSR count). The highest BCUT2D eigenvalue weighted by Gasteiger charge is 2.41. The third-order valence-corrected chi connectivity index (χ3v) is 6.81. The van der Waals surface area contributed by atoms with Crippen molar-refractivity contribution < 1.29 is 14.6 Å². The first kappa shape index (κ1) is 23.9. The third kappa shape index (κ3) is 4.81. The number of nitrogens with one attached hydrogen (secondary N) is 1. The van der Waals surface area contributed by atoms with Gasteiger partial charge in [-0.3, -0.25) is 0 Å². The number of benzene rings is 2. The van der Waals surface area contributed by atoms with Gasteiger partial charge in [0, 0.05) is 23.7 Å². The highest BCUT2D eigenvalue weighted by molar-refractivity contribution is 5.81. The highest BCUT2D eigenvalue weighted by Crippen LogP contribution is 2.42. The number of carbonyl (C=O) groups is 1. The van der Waals surface area contributed by atoms with E-state index < -0.39 is 11.1 Å². The first-order valence-electron chi connectivity index (χ1n) is 12.6. The van der Waals surface area contributed by atoms with E-state index in [1.807, 2.05) is 51.2 Å². The van der Waals surface area contributed by atoms with Crippen molar-refractivity contribution in [2.45, 2.75) is 64.0 Å². The van der Waals surface area contributed by atoms with Crippen LogP contribution in [0.25, 0.3) is 28.7 Å². The lowest BCUT2D eigenvalue weighted by Gasteiger charge is -2.43. The summed E-state index contributed by atoms with van der Waals surface area (Å²) >= 11 is 0. The van der Waals surface area contributed by atoms with Crippen LogP contribution < -0.4 is 5.32 Å². The Morgan fingerprint density at radius 2 is 1.78 bits per heavy atom. The number of aromatic nitrogens is 2. The number of rotatable bonds is 4. The van der Waals surface area contributed by atoms with Crippen molar-refractivity contribution in [1.82, 2.24) is 14.9 Å². The summed E-state index contributed by atoms with van der Waals surface area (Å²) < 4.78 is 7.61. The number of amides is 1. The Morgan fingerprint density at radius 3 is 2.42 bits per heavy atom. The molecular weight excluding hydrogens is 450 g/mol. The third-order valence-electron chi connectivity index (χ3n) is 6.81. The van der Waals surface area contributed by atoms with Crippen molar-refractivity contribution in [2.24, 2.45) is 0 Å². The van der Waals surface area contributed by atoms with Crippen LogP contribution in [0.5, 0.6) is 0 Å². The number of nitrogens with zero attached hydrogens (tertiary/aromatic N) is 2. The topological polar surface area (TPSA) is 76.4 Å². The molecule has 1 fully saturated rings. The van der Waals surface area contributed by atoms with Crippen molar-refractivity contribution in [3.63, 3.8) is 0 Å². The van der Waals surface area contributed by atoms with Crippen molar-refractivity contribution in [2.75, 3.05) is 0 Å². The van der Waals surface area contributed by atoms with E-state index in [1.54, 1.807) is 6.08 Å². The number of aryl methyl sites for hydroxylation is 1. The quantitative estimate of drug-likeness (QED) is 0.420. The first-order valence-corrected chi connectivity index (χ1v) is 12.6. The minimum atomic E-state index is -0.536. The average molecular weight is 484 g/mol. The molecule has 0 atom stereocenters. The van der Waals surface area contributed by atoms with Crippen molar-refractivity contribution in [1.29, 1.82) is 0 Å². The molecular formula is C30H33N3O3. The van der Waals surface area contributed by atoms with Gasteiger partial charge >= 0.3 is 6.09 Å². The molecule has 1 amide bonds. The molecule has 2 heterocycles. The van der Waals surface area contributed by atoms with E-state index in [0.29, 0.717) is 0 Å². The fourth-order valence-electron chi connectivity index (χ4n) is 4.92. The van der Waals surface area contributed by atoms with Gasteiger partial charge in [-0.1, -0.05) is 54.6 Å². The summed E-state index contributed by atoms with van der Waals surface area (Å²) in [6.07, 6.45) is 9.34. The van der Waals surface area contributed by atoms with Crippen molar-refractivity contribution >= 4 is 12.3 Å². The number of imidazole rings is 1. The van der Waals surface area contributed by atoms with Gasteiger partial charge in [0.15, 0.2) is 0 Å². The number of alkyl carbamates (subject to hydrolysis) is 1. The summed E-state index contributed by atoms with van der Waals surface area (Å²) in [4.78, 5) is 17.6. The summed E-state index contributed by atoms with van der Waals surface area (Å²) in [7, 11) is 0. The molecule has 0 spiro atoms. The summed E-state index contributed by atoms with van der Waals surface area (Å²) in [5.74, 6) is 1.22. The lowest BCUT2D eigenvalue weighted by molar-refractivity contribution is 0.0377. The molecule has 0 radical (unpaired) electrons. The molecule has 6 nitrogen and oxygen atoms in total. The molecule has 0 unspecified atom stereocenters. The normalized spacial score (nSPS) is 16.7. The van der Waals surface area contributed by atoms with Gasteiger partial charge in [0.25, 0.3) is 0 Å². The van der Waals surface area contributed by atoms with Crippen LogP contribution in [-0.4, -0.2) is 26.4 Å². The summed E-state index contributed by atoms with van der Waals surface area (Å²) in [6, 6.07) is 18.6. The van der Waals surface area contributed by atoms with Crippen molar-refractivity contribution in [3.8, 4) is 22.5 Å². The monoisotopic (exact) mass is 483 g/mol. The number of aliphatic hydroxyl groups is 1. The predicted octanol–water partition coefficient (Wildman–Crippen LogP) is 6.98. The molecule has 186 valence electrons. The lowest BCUT2D eigenvalue weighted by Crippen LogP contribution is -2.52. The molecule has 0 saturated heterocycles. The van der Waals surface area contributed by atoms with Gasteiger partial charge in [-0.05, 0) is 64.2 Å². The second-order valence-electron chi connectivity index (χ2n) is 10.6. The Morgan fingerprint density at radius 1 is 1.06 bits per heavy atom. The maximum absolute atomic E-state index is 12.5. The molecule has 36 heavy (non-hydrogen) atoms. The van der Waals surface area contributed by atoms with Gasteiger partial charge in [-0.15, -0.1) is 0 Å². The van der Waals surface area contributed by atoms with Gasteiger partial charge in [0.2, 0.25) is 0 Å². The molecule has 6 heteroatoms. The molecule has 1 aromatic heterocycles. The Balaban J connectivity index is 1.51. The van der Waals surface area contributed by atoms with Crippen LogP contribution in [0.3, 0.4) is 0 Å². The predicted molar refractivity (Wildman–Crippen MR) is 142 cm³/mol. The zero-order valence-corrected chi connectivity index (χ0v) is 21.1. The number of ether oxygens (including phenoxy) is 1. The zero-order valence-electron chi connectivity index (χ0n) is 21.1. The van der Waals surface area contributed by atoms with E-state index in [-0.39, 0.29) is 11.9 Å². The Hall–Kier alpha value is -3.80. The smallest absolute Gasteiger partial charge is 0.408 e. The number of hydrogen-bond donors (Lipinski definition) is 2. The second kappa shape index (κ2) is 9.34. The first-order chi connectivity index (χ1) is 17.2. The summed E-state index contributed by atoms with van der Waals surface area (Å²) in [5.41, 5.74) is 4.12. The molecule has 1 aliphatic carbocycles. The second-order valence-corrected chi connectivity index (χ2v) is 10.6. The Kier molecular flexibility index (Phi) is 6.20. The van der Waals surface area contributed by atoms with Crippen molar-refractivity contribution in [3.05, 3.63) is 83.9 Å². The van der Waals surface area contributed by atoms with Gasteiger partial charge in [-0.2, -0.15) is 0 Å². The van der Waals surface area contributed by atoms with E-state index in [9.17, 15) is 9.90 Å². The van der Waals surface area contributed by atoms with Gasteiger partial charge in [-0.25, -0.2) is 9.78 Å². The fraction of sp³-hybridized carbons (Fsp3) is 0.333. The number of fused-ring (bicyclic) bond motifs is 1. The highest BCUT2D eigenvalue weighted by atomic mass is 16.6. The van der Waals surface area contributed by atoms with Crippen LogP contribution >= 0.6 is 0 Å². The van der Waals surface area contributed by atoms with Crippen LogP contribution in [0.15, 0.2) is 72.5 Å². The largest absolute Gasteiger partial charge is 0.508 e. The zero-order chi connectivity index (χ0) is 25.3. The van der Waals surface area contributed by atoms with Gasteiger partial charge < -0.3 is 19.7 Å². The number of aliphatic hydroxyl groups excluding tert-OH is 1.